The third-order valence-corrected chi connectivity index (χ3v) is 3.23. The van der Waals surface area contributed by atoms with Gasteiger partial charge in [-0.15, -0.1) is 0 Å². The zero-order valence-electron chi connectivity index (χ0n) is 10.8. The lowest BCUT2D eigenvalue weighted by Gasteiger charge is -2.14. The molecule has 0 amide bonds. The fourth-order valence-electron chi connectivity index (χ4n) is 1.90. The molecule has 0 heterocycles. The van der Waals surface area contributed by atoms with Gasteiger partial charge in [-0.05, 0) is 36.2 Å². The third-order valence-electron chi connectivity index (χ3n) is 2.92. The van der Waals surface area contributed by atoms with Crippen LogP contribution >= 0.6 is 11.6 Å². The van der Waals surface area contributed by atoms with E-state index in [0.717, 1.165) is 11.6 Å². The van der Waals surface area contributed by atoms with Crippen molar-refractivity contribution in [3.8, 4) is 0 Å². The van der Waals surface area contributed by atoms with E-state index < -0.39 is 11.7 Å². The summed E-state index contributed by atoms with van der Waals surface area (Å²) in [5.41, 5.74) is 1.18. The first kappa shape index (κ1) is 14.7. The molecule has 2 rings (SSSR count). The van der Waals surface area contributed by atoms with E-state index in [1.807, 2.05) is 13.0 Å². The van der Waals surface area contributed by atoms with Gasteiger partial charge >= 0.3 is 6.18 Å². The highest BCUT2D eigenvalue weighted by molar-refractivity contribution is 6.33. The number of halogens is 4. The van der Waals surface area contributed by atoms with Crippen molar-refractivity contribution >= 4 is 17.3 Å². The van der Waals surface area contributed by atoms with Gasteiger partial charge in [-0.2, -0.15) is 13.2 Å². The fourth-order valence-corrected chi connectivity index (χ4v) is 2.21. The number of hydrogen-bond donors (Lipinski definition) is 1. The van der Waals surface area contributed by atoms with Gasteiger partial charge in [0.15, 0.2) is 0 Å². The monoisotopic (exact) mass is 299 g/mol. The highest BCUT2D eigenvalue weighted by atomic mass is 35.5. The molecule has 0 atom stereocenters. The maximum absolute atomic E-state index is 12.9. The van der Waals surface area contributed by atoms with Crippen LogP contribution in [0, 0.1) is 6.92 Å². The van der Waals surface area contributed by atoms with Gasteiger partial charge in [0.2, 0.25) is 0 Å². The number of benzene rings is 2. The molecule has 0 saturated carbocycles. The van der Waals surface area contributed by atoms with Crippen molar-refractivity contribution in [3.63, 3.8) is 0 Å². The predicted molar refractivity (Wildman–Crippen MR) is 75.0 cm³/mol. The zero-order valence-corrected chi connectivity index (χ0v) is 11.5. The van der Waals surface area contributed by atoms with Crippen molar-refractivity contribution in [1.82, 2.24) is 0 Å². The summed E-state index contributed by atoms with van der Waals surface area (Å²) in [6.07, 6.45) is -4.35. The molecule has 0 saturated heterocycles. The first-order chi connectivity index (χ1) is 9.38. The van der Waals surface area contributed by atoms with Crippen molar-refractivity contribution in [3.05, 3.63) is 64.2 Å². The molecule has 0 aliphatic heterocycles. The molecule has 0 fully saturated rings. The minimum Gasteiger partial charge on any atom is -0.380 e. The summed E-state index contributed by atoms with van der Waals surface area (Å²) >= 11 is 6.04. The van der Waals surface area contributed by atoms with Crippen LogP contribution in [0.15, 0.2) is 42.5 Å². The number of nitrogens with one attached hydrogen (secondary N) is 1. The Labute approximate surface area is 120 Å². The van der Waals surface area contributed by atoms with Gasteiger partial charge in [-0.25, -0.2) is 0 Å². The summed E-state index contributed by atoms with van der Waals surface area (Å²) < 4.78 is 38.6. The molecular weight excluding hydrogens is 287 g/mol. The van der Waals surface area contributed by atoms with Gasteiger partial charge in [0.05, 0.1) is 16.3 Å². The zero-order chi connectivity index (χ0) is 14.8. The molecule has 0 bridgehead atoms. The molecule has 2 aromatic rings. The lowest BCUT2D eigenvalue weighted by Crippen LogP contribution is -2.11. The first-order valence-corrected chi connectivity index (χ1v) is 6.41. The second kappa shape index (κ2) is 5.75. The maximum Gasteiger partial charge on any atom is 0.416 e. The summed E-state index contributed by atoms with van der Waals surface area (Å²) in [5.74, 6) is 0. The van der Waals surface area contributed by atoms with Crippen LogP contribution in [0.25, 0.3) is 0 Å². The number of alkyl halides is 3. The minimum absolute atomic E-state index is 0.0679. The van der Waals surface area contributed by atoms with E-state index in [1.165, 1.54) is 12.1 Å². The largest absolute Gasteiger partial charge is 0.416 e. The Bertz CT molecular complexity index is 608. The molecule has 20 heavy (non-hydrogen) atoms. The van der Waals surface area contributed by atoms with Crippen LogP contribution in [0.1, 0.15) is 16.7 Å². The molecule has 0 radical (unpaired) electrons. The van der Waals surface area contributed by atoms with E-state index in [0.29, 0.717) is 10.7 Å². The van der Waals surface area contributed by atoms with Crippen LogP contribution < -0.4 is 5.32 Å². The average Bonchev–Trinajstić information content (AvgIpc) is 2.37. The summed E-state index contributed by atoms with van der Waals surface area (Å²) in [6, 6.07) is 10.9. The van der Waals surface area contributed by atoms with Gasteiger partial charge in [0, 0.05) is 6.54 Å². The van der Waals surface area contributed by atoms with E-state index in [4.69, 9.17) is 11.6 Å². The molecule has 1 nitrogen and oxygen atoms in total. The molecule has 0 aliphatic carbocycles. The lowest BCUT2D eigenvalue weighted by atomic mass is 10.1. The Balaban J connectivity index is 2.19. The first-order valence-electron chi connectivity index (χ1n) is 6.03. The van der Waals surface area contributed by atoms with Crippen LogP contribution in [0.3, 0.4) is 0 Å². The Morgan fingerprint density at radius 1 is 1.10 bits per heavy atom. The van der Waals surface area contributed by atoms with E-state index in [2.05, 4.69) is 5.32 Å². The molecule has 5 heteroatoms. The topological polar surface area (TPSA) is 12.0 Å². The smallest absolute Gasteiger partial charge is 0.380 e. The molecular formula is C15H13ClF3N. The van der Waals surface area contributed by atoms with E-state index >= 15 is 0 Å². The highest BCUT2D eigenvalue weighted by Crippen LogP contribution is 2.32. The van der Waals surface area contributed by atoms with E-state index in [-0.39, 0.29) is 12.1 Å². The molecule has 0 spiro atoms. The van der Waals surface area contributed by atoms with Gasteiger partial charge in [-0.3, -0.25) is 0 Å². The second-order valence-electron chi connectivity index (χ2n) is 4.49. The van der Waals surface area contributed by atoms with Gasteiger partial charge in [-0.1, -0.05) is 35.9 Å². The number of hydrogen-bond acceptors (Lipinski definition) is 1. The fraction of sp³-hybridized carbons (Fsp3) is 0.200. The lowest BCUT2D eigenvalue weighted by molar-refractivity contribution is -0.138. The van der Waals surface area contributed by atoms with Crippen molar-refractivity contribution in [2.75, 3.05) is 5.32 Å². The van der Waals surface area contributed by atoms with Gasteiger partial charge in [0.25, 0.3) is 0 Å². The molecule has 0 unspecified atom stereocenters. The van der Waals surface area contributed by atoms with Gasteiger partial charge < -0.3 is 5.32 Å². The van der Waals surface area contributed by atoms with Crippen LogP contribution in [-0.2, 0) is 12.7 Å². The summed E-state index contributed by atoms with van der Waals surface area (Å²) in [5, 5.41) is 3.43. The van der Waals surface area contributed by atoms with Crippen molar-refractivity contribution < 1.29 is 13.2 Å². The van der Waals surface area contributed by atoms with Gasteiger partial charge in [0.1, 0.15) is 0 Å². The molecule has 0 aliphatic rings. The van der Waals surface area contributed by atoms with E-state index in [9.17, 15) is 13.2 Å². The Kier molecular flexibility index (Phi) is 4.23. The molecule has 106 valence electrons. The van der Waals surface area contributed by atoms with Crippen molar-refractivity contribution in [1.29, 1.82) is 0 Å². The van der Waals surface area contributed by atoms with Crippen LogP contribution in [0.4, 0.5) is 18.9 Å². The predicted octanol–water partition coefficient (Wildman–Crippen LogP) is 5.28. The second-order valence-corrected chi connectivity index (χ2v) is 4.90. The maximum atomic E-state index is 12.9. The molecule has 0 aromatic heterocycles. The minimum atomic E-state index is -4.35. The van der Waals surface area contributed by atoms with E-state index in [1.54, 1.807) is 18.2 Å². The number of aryl methyl sites for hydroxylation is 1. The Hall–Kier alpha value is -1.68. The molecule has 2 aromatic carbocycles. The summed E-state index contributed by atoms with van der Waals surface area (Å²) in [6.45, 7) is 1.97. The number of anilines is 1. The quantitative estimate of drug-likeness (QED) is 0.813. The standard InChI is InChI=1S/C15H13ClF3N/c1-10-6-7-14(13(16)8-10)20-9-11-4-2-3-5-12(11)15(17,18)19/h2-8,20H,9H2,1H3. The van der Waals surface area contributed by atoms with Crippen LogP contribution in [0.5, 0.6) is 0 Å². The molecule has 1 N–H and O–H groups in total. The normalized spacial score (nSPS) is 11.4. The van der Waals surface area contributed by atoms with Crippen LogP contribution in [0.2, 0.25) is 5.02 Å². The van der Waals surface area contributed by atoms with Crippen LogP contribution in [-0.4, -0.2) is 0 Å². The summed E-state index contributed by atoms with van der Waals surface area (Å²) in [4.78, 5) is 0. The average molecular weight is 300 g/mol. The van der Waals surface area contributed by atoms with Crippen molar-refractivity contribution in [2.24, 2.45) is 0 Å². The SMILES string of the molecule is Cc1ccc(NCc2ccccc2C(F)(F)F)c(Cl)c1. The Morgan fingerprint density at radius 2 is 1.80 bits per heavy atom. The van der Waals surface area contributed by atoms with Crippen molar-refractivity contribution in [2.45, 2.75) is 19.6 Å². The summed E-state index contributed by atoms with van der Waals surface area (Å²) in [7, 11) is 0. The highest BCUT2D eigenvalue weighted by Gasteiger charge is 2.32. The third kappa shape index (κ3) is 3.45. The number of rotatable bonds is 3. The Morgan fingerprint density at radius 3 is 2.45 bits per heavy atom.